The summed E-state index contributed by atoms with van der Waals surface area (Å²) in [5, 5.41) is 8.97. The van der Waals surface area contributed by atoms with Gasteiger partial charge in [0, 0.05) is 71.1 Å². The molecule has 5 aliphatic rings. The third-order valence-electron chi connectivity index (χ3n) is 13.3. The number of allylic oxidation sites excluding steroid dienone is 10. The summed E-state index contributed by atoms with van der Waals surface area (Å²) < 4.78 is 0. The number of hydrogen-bond donors (Lipinski definition) is 1. The summed E-state index contributed by atoms with van der Waals surface area (Å²) in [6.45, 7) is 29.1. The summed E-state index contributed by atoms with van der Waals surface area (Å²) in [6.07, 6.45) is 26.4. The van der Waals surface area contributed by atoms with Crippen LogP contribution in [-0.2, 0) is 69.0 Å². The first-order valence-electron chi connectivity index (χ1n) is 28.5. The van der Waals surface area contributed by atoms with Gasteiger partial charge >= 0.3 is 5.97 Å². The first-order valence-corrected chi connectivity index (χ1v) is 28.5. The van der Waals surface area contributed by atoms with Crippen LogP contribution in [0.5, 0.6) is 0 Å². The van der Waals surface area contributed by atoms with Crippen molar-refractivity contribution in [1.29, 1.82) is 0 Å². The van der Waals surface area contributed by atoms with E-state index in [0.29, 0.717) is 47.7 Å². The zero-order valence-corrected chi connectivity index (χ0v) is 56.6. The minimum absolute atomic E-state index is 0. The Morgan fingerprint density at radius 3 is 1.37 bits per heavy atom. The molecule has 472 valence electrons. The van der Waals surface area contributed by atoms with E-state index in [1.807, 2.05) is 116 Å². The fourth-order valence-corrected chi connectivity index (χ4v) is 8.46. The van der Waals surface area contributed by atoms with Crippen molar-refractivity contribution in [2.24, 2.45) is 47.3 Å². The van der Waals surface area contributed by atoms with Gasteiger partial charge < -0.3 is 17.3 Å². The molecule has 8 unspecified atom stereocenters. The Bertz CT molecular complexity index is 2830. The standard InChI is InChI=1S/C10H12O3.C10H10O.C10H8O.C9H12O.C8H12O.C8H8O.2C5H8O.C4H8O.C4H6O.CH3.W.H2/c1-5(11)8-6-2-3-7(4-6)9(8)10(12)13;2*1-9(11)7-8-10-5-3-2-4-6-10;1-6(10)9-5-7-2-3-8(9)4-7;2*1-7(9)8-5-3-2-4-6-8;1-4(2)5(3)6;1-3-4-5(2)6;2*1-3-4(2)5;;;/h2-3,6-9H,4H2,1H3,(H,12,13);2-8H,1H3;2-6H,1H3;2-3,7-9H,4-5H2,1H3;2-3,8H,4-6H2,1H3;2-6H,1H3;1H2,2-3H3;3H,1,4H2,2H3;3H2,1-2H3;3H,1H2,2H3;1H3;;1H/q;;;;;;;;;;-1;;/b;8-7+;;;;;;;;;;;. The Kier molecular flexibility index (Phi) is 49.7. The Labute approximate surface area is 536 Å². The average molecular weight is 1360 g/mol. The molecule has 2 saturated carbocycles. The maximum atomic E-state index is 11.3. The summed E-state index contributed by atoms with van der Waals surface area (Å²) in [5.74, 6) is 7.33. The van der Waals surface area contributed by atoms with Crippen LogP contribution < -0.4 is 0 Å². The number of carboxylic acid groups (broad SMARTS) is 1. The number of carbonyl (C=O) groups excluding carboxylic acids is 10. The molecule has 1 N–H and O–H groups in total. The zero-order valence-electron chi connectivity index (χ0n) is 53.7. The van der Waals surface area contributed by atoms with Gasteiger partial charge in [-0.2, -0.15) is 0 Å². The van der Waals surface area contributed by atoms with Crippen molar-refractivity contribution in [2.75, 3.05) is 0 Å². The van der Waals surface area contributed by atoms with Crippen molar-refractivity contribution in [3.05, 3.63) is 195 Å². The van der Waals surface area contributed by atoms with Crippen molar-refractivity contribution in [2.45, 2.75) is 134 Å². The smallest absolute Gasteiger partial charge is 0.307 e. The van der Waals surface area contributed by atoms with Crippen LogP contribution in [0, 0.1) is 66.6 Å². The van der Waals surface area contributed by atoms with Crippen LogP contribution in [0.2, 0.25) is 0 Å². The summed E-state index contributed by atoms with van der Waals surface area (Å²) in [7, 11) is 0. The topological polar surface area (TPSA) is 208 Å². The number of ketones is 10. The molecule has 8 rings (SSSR count). The van der Waals surface area contributed by atoms with E-state index in [1.54, 1.807) is 60.6 Å². The minimum Gasteiger partial charge on any atom is -0.481 e. The molecular weight excluding hydrogens is 1260 g/mol. The van der Waals surface area contributed by atoms with E-state index in [1.165, 1.54) is 40.2 Å². The van der Waals surface area contributed by atoms with Crippen molar-refractivity contribution in [1.82, 2.24) is 0 Å². The van der Waals surface area contributed by atoms with Crippen molar-refractivity contribution in [3.63, 3.8) is 0 Å². The van der Waals surface area contributed by atoms with E-state index in [2.05, 4.69) is 55.9 Å². The Morgan fingerprint density at radius 2 is 1.09 bits per heavy atom. The van der Waals surface area contributed by atoms with Gasteiger partial charge in [0.1, 0.15) is 28.9 Å². The number of hydrogen-bond acceptors (Lipinski definition) is 11. The predicted octanol–water partition coefficient (Wildman–Crippen LogP) is 15.4. The van der Waals surface area contributed by atoms with Crippen LogP contribution in [0.1, 0.15) is 157 Å². The first kappa shape index (κ1) is 85.7. The molecule has 0 heterocycles. The molecule has 3 aromatic carbocycles. The molecule has 0 amide bonds. The fourth-order valence-electron chi connectivity index (χ4n) is 8.46. The van der Waals surface area contributed by atoms with E-state index >= 15 is 0 Å². The molecule has 87 heavy (non-hydrogen) atoms. The van der Waals surface area contributed by atoms with Gasteiger partial charge in [-0.1, -0.05) is 153 Å². The van der Waals surface area contributed by atoms with Gasteiger partial charge in [-0.15, -0.1) is 6.58 Å². The third kappa shape index (κ3) is 42.7. The predicted molar refractivity (Wildman–Crippen MR) is 351 cm³/mol. The van der Waals surface area contributed by atoms with Crippen molar-refractivity contribution >= 4 is 69.9 Å². The molecule has 4 bridgehead atoms. The molecule has 12 nitrogen and oxygen atoms in total. The minimum atomic E-state index is -0.822. The van der Waals surface area contributed by atoms with Gasteiger partial charge in [-0.05, 0) is 173 Å². The van der Waals surface area contributed by atoms with Gasteiger partial charge in [0.15, 0.2) is 23.1 Å². The summed E-state index contributed by atoms with van der Waals surface area (Å²) in [4.78, 5) is 115. The van der Waals surface area contributed by atoms with Crippen LogP contribution >= 0.6 is 0 Å². The molecule has 3 aromatic rings. The monoisotopic (exact) mass is 1360 g/mol. The van der Waals surface area contributed by atoms with E-state index in [9.17, 15) is 52.7 Å². The van der Waals surface area contributed by atoms with Crippen molar-refractivity contribution < 1.29 is 80.3 Å². The second-order valence-electron chi connectivity index (χ2n) is 20.9. The Balaban J connectivity index is -0.000000293. The normalized spacial score (nSPS) is 18.9. The van der Waals surface area contributed by atoms with Crippen LogP contribution in [0.15, 0.2) is 171 Å². The Hall–Kier alpha value is -7.74. The van der Waals surface area contributed by atoms with Gasteiger partial charge in [-0.25, -0.2) is 0 Å². The Morgan fingerprint density at radius 1 is 0.609 bits per heavy atom. The van der Waals surface area contributed by atoms with E-state index in [0.717, 1.165) is 54.7 Å². The second-order valence-corrected chi connectivity index (χ2v) is 20.9. The molecule has 0 saturated heterocycles. The molecule has 8 atom stereocenters. The quantitative estimate of drug-likeness (QED) is 0.0591. The molecule has 0 aromatic heterocycles. The number of benzene rings is 3. The van der Waals surface area contributed by atoms with Crippen LogP contribution in [0.25, 0.3) is 6.08 Å². The maximum Gasteiger partial charge on any atom is 0.307 e. The zero-order chi connectivity index (χ0) is 65.0. The SMILES string of the molecule is C=C(C)C(C)=O.C=CC(C)=O.C=CCC(C)=O.CC(=O)/C=C/c1ccccc1.CC(=O)C#Cc1ccccc1.CC(=O)C1C2C=CC(C2)C1C(=O)O.CC(=O)C1CC2C=CC1C2.CC(=O)C1CC=CCC1.CC(=O)c1ccccc1.CCC(C)=O.[CH3-].[HH].[W]. The number of aliphatic carboxylic acids is 1. The summed E-state index contributed by atoms with van der Waals surface area (Å²) >= 11 is 0. The van der Waals surface area contributed by atoms with Crippen molar-refractivity contribution in [3.8, 4) is 11.8 Å². The first-order chi connectivity index (χ1) is 40.0. The van der Waals surface area contributed by atoms with Gasteiger partial charge in [0.2, 0.25) is 5.78 Å². The molecular formula is C74H97O12W-. The second kappa shape index (κ2) is 50.4. The maximum absolute atomic E-state index is 11.3. The molecule has 0 radical (unpaired) electrons. The average Bonchev–Trinajstić information content (AvgIpc) is 4.34. The van der Waals surface area contributed by atoms with E-state index in [-0.39, 0.29) is 93.9 Å². The van der Waals surface area contributed by atoms with E-state index in [4.69, 9.17) is 5.11 Å². The van der Waals surface area contributed by atoms with Crippen LogP contribution in [-0.4, -0.2) is 68.9 Å². The van der Waals surface area contributed by atoms with Crippen LogP contribution in [0.4, 0.5) is 0 Å². The van der Waals surface area contributed by atoms with Crippen LogP contribution in [0.3, 0.4) is 0 Å². The van der Waals surface area contributed by atoms with Gasteiger partial charge in [-0.3, -0.25) is 47.9 Å². The molecule has 5 aliphatic carbocycles. The largest absolute Gasteiger partial charge is 0.481 e. The molecule has 2 fully saturated rings. The van der Waals surface area contributed by atoms with E-state index < -0.39 is 11.9 Å². The number of rotatable bonds is 12. The molecule has 13 heteroatoms. The number of fused-ring (bicyclic) bond motifs is 4. The fraction of sp³-hybridized carbons (Fsp3) is 0.378. The summed E-state index contributed by atoms with van der Waals surface area (Å²) in [6, 6.07) is 28.4. The number of carboxylic acids is 1. The molecule has 0 aliphatic heterocycles. The van der Waals surface area contributed by atoms with Gasteiger partial charge in [0.05, 0.1) is 5.92 Å². The number of Topliss-reactive ketones (excluding diaryl/α,β-unsaturated/α-hetero) is 8. The van der Waals surface area contributed by atoms with Gasteiger partial charge in [0.25, 0.3) is 0 Å². The molecule has 0 spiro atoms. The summed E-state index contributed by atoms with van der Waals surface area (Å²) in [5.41, 5.74) is 3.33. The third-order valence-corrected chi connectivity index (χ3v) is 13.3. The number of carbonyl (C=O) groups is 11.